The average molecular weight is 380 g/mol. The first-order valence-electron chi connectivity index (χ1n) is 10.2. The van der Waals surface area contributed by atoms with Crippen molar-refractivity contribution in [1.82, 2.24) is 19.8 Å². The van der Waals surface area contributed by atoms with E-state index in [1.165, 1.54) is 0 Å². The summed E-state index contributed by atoms with van der Waals surface area (Å²) in [6.45, 7) is 4.22. The Labute approximate surface area is 166 Å². The molecule has 0 radical (unpaired) electrons. The number of ether oxygens (including phenoxy) is 1. The molecule has 2 saturated heterocycles. The van der Waals surface area contributed by atoms with E-state index >= 15 is 0 Å². The van der Waals surface area contributed by atoms with Gasteiger partial charge in [-0.2, -0.15) is 0 Å². The molecule has 1 amide bonds. The van der Waals surface area contributed by atoms with Crippen LogP contribution in [0, 0.1) is 0 Å². The van der Waals surface area contributed by atoms with Gasteiger partial charge in [0.15, 0.2) is 0 Å². The summed E-state index contributed by atoms with van der Waals surface area (Å²) in [6.07, 6.45) is 8.13. The van der Waals surface area contributed by atoms with E-state index in [1.54, 1.807) is 13.3 Å². The molecule has 3 heterocycles. The van der Waals surface area contributed by atoms with Crippen molar-refractivity contribution in [1.29, 1.82) is 0 Å². The van der Waals surface area contributed by atoms with Crippen LogP contribution in [0.5, 0.6) is 5.75 Å². The highest BCUT2D eigenvalue weighted by molar-refractivity contribution is 5.78. The summed E-state index contributed by atoms with van der Waals surface area (Å²) in [5.74, 6) is 1.40. The van der Waals surface area contributed by atoms with Gasteiger partial charge in [0.2, 0.25) is 5.91 Å². The minimum absolute atomic E-state index is 0.273. The lowest BCUT2D eigenvalue weighted by atomic mass is 9.94. The van der Waals surface area contributed by atoms with Crippen LogP contribution in [0.2, 0.25) is 0 Å². The van der Waals surface area contributed by atoms with Gasteiger partial charge in [0, 0.05) is 37.3 Å². The fourth-order valence-corrected chi connectivity index (χ4v) is 4.20. The molecule has 6 nitrogen and oxygen atoms in total. The quantitative estimate of drug-likeness (QED) is 0.798. The van der Waals surface area contributed by atoms with Crippen molar-refractivity contribution in [2.24, 2.45) is 0 Å². The van der Waals surface area contributed by atoms with Crippen LogP contribution in [0.1, 0.15) is 37.3 Å². The number of hydrogen-bond donors (Lipinski definition) is 0. The van der Waals surface area contributed by atoms with Crippen molar-refractivity contribution in [3.05, 3.63) is 42.4 Å². The van der Waals surface area contributed by atoms with Crippen molar-refractivity contribution in [3.63, 3.8) is 0 Å². The van der Waals surface area contributed by atoms with E-state index in [4.69, 9.17) is 9.72 Å². The maximum atomic E-state index is 12.5. The Bertz CT molecular complexity index is 820. The van der Waals surface area contributed by atoms with Crippen molar-refractivity contribution in [2.45, 2.75) is 31.6 Å². The molecule has 1 aromatic carbocycles. The van der Waals surface area contributed by atoms with E-state index in [-0.39, 0.29) is 5.91 Å². The highest BCUT2D eigenvalue weighted by Crippen LogP contribution is 2.28. The number of benzene rings is 1. The SMILES string of the molecule is COc1cccc(-c2cncc([C@H]3CCCN(CC(=O)N4CCCC4)C3)n2)c1. The van der Waals surface area contributed by atoms with Crippen molar-refractivity contribution in [2.75, 3.05) is 39.8 Å². The highest BCUT2D eigenvalue weighted by Gasteiger charge is 2.26. The second-order valence-corrected chi connectivity index (χ2v) is 7.72. The predicted molar refractivity (Wildman–Crippen MR) is 108 cm³/mol. The first kappa shape index (κ1) is 18.9. The van der Waals surface area contributed by atoms with Gasteiger partial charge in [0.25, 0.3) is 0 Å². The zero-order chi connectivity index (χ0) is 19.3. The zero-order valence-corrected chi connectivity index (χ0v) is 16.5. The highest BCUT2D eigenvalue weighted by atomic mass is 16.5. The third kappa shape index (κ3) is 4.33. The summed E-state index contributed by atoms with van der Waals surface area (Å²) in [5, 5.41) is 0. The third-order valence-corrected chi connectivity index (χ3v) is 5.76. The van der Waals surface area contributed by atoms with Crippen LogP contribution in [0.25, 0.3) is 11.3 Å². The summed E-state index contributed by atoms with van der Waals surface area (Å²) in [6, 6.07) is 7.90. The number of likely N-dealkylation sites (tertiary alicyclic amines) is 2. The molecule has 0 spiro atoms. The number of piperidine rings is 1. The summed E-state index contributed by atoms with van der Waals surface area (Å²) in [7, 11) is 1.67. The van der Waals surface area contributed by atoms with Gasteiger partial charge in [-0.05, 0) is 44.4 Å². The first-order valence-corrected chi connectivity index (χ1v) is 10.2. The second-order valence-electron chi connectivity index (χ2n) is 7.72. The van der Waals surface area contributed by atoms with Crippen LogP contribution in [0.3, 0.4) is 0 Å². The average Bonchev–Trinajstić information content (AvgIpc) is 3.29. The molecule has 4 rings (SSSR count). The van der Waals surface area contributed by atoms with Crippen molar-refractivity contribution < 1.29 is 9.53 Å². The lowest BCUT2D eigenvalue weighted by molar-refractivity contribution is -0.131. The Morgan fingerprint density at radius 1 is 1.18 bits per heavy atom. The van der Waals surface area contributed by atoms with Crippen LogP contribution in [0.4, 0.5) is 0 Å². The molecule has 2 aromatic rings. The maximum Gasteiger partial charge on any atom is 0.236 e. The van der Waals surface area contributed by atoms with Crippen LogP contribution >= 0.6 is 0 Å². The van der Waals surface area contributed by atoms with Crippen LogP contribution in [-0.2, 0) is 4.79 Å². The summed E-state index contributed by atoms with van der Waals surface area (Å²) in [4.78, 5) is 26.1. The van der Waals surface area contributed by atoms with Gasteiger partial charge in [0.05, 0.1) is 31.2 Å². The van der Waals surface area contributed by atoms with E-state index < -0.39 is 0 Å². The Kier molecular flexibility index (Phi) is 5.86. The molecule has 2 aliphatic rings. The monoisotopic (exact) mass is 380 g/mol. The molecular formula is C22H28N4O2. The number of aromatic nitrogens is 2. The van der Waals surface area contributed by atoms with E-state index in [2.05, 4.69) is 9.88 Å². The molecule has 2 fully saturated rings. The number of rotatable bonds is 5. The Balaban J connectivity index is 1.45. The molecule has 0 N–H and O–H groups in total. The van der Waals surface area contributed by atoms with E-state index in [0.717, 1.165) is 74.6 Å². The van der Waals surface area contributed by atoms with Gasteiger partial charge in [-0.1, -0.05) is 12.1 Å². The molecule has 0 unspecified atom stereocenters. The third-order valence-electron chi connectivity index (χ3n) is 5.76. The van der Waals surface area contributed by atoms with Gasteiger partial charge in [-0.25, -0.2) is 4.98 Å². The zero-order valence-electron chi connectivity index (χ0n) is 16.5. The fourth-order valence-electron chi connectivity index (χ4n) is 4.20. The molecule has 28 heavy (non-hydrogen) atoms. The van der Waals surface area contributed by atoms with Gasteiger partial charge < -0.3 is 9.64 Å². The summed E-state index contributed by atoms with van der Waals surface area (Å²) < 4.78 is 5.33. The molecule has 6 heteroatoms. The van der Waals surface area contributed by atoms with E-state index in [1.807, 2.05) is 35.4 Å². The Hall–Kier alpha value is -2.47. The van der Waals surface area contributed by atoms with Crippen molar-refractivity contribution >= 4 is 5.91 Å². The van der Waals surface area contributed by atoms with Crippen molar-refractivity contribution in [3.8, 4) is 17.0 Å². The van der Waals surface area contributed by atoms with Gasteiger partial charge in [0.1, 0.15) is 5.75 Å². The lowest BCUT2D eigenvalue weighted by Gasteiger charge is -2.33. The molecule has 1 atom stereocenters. The predicted octanol–water partition coefficient (Wildman–Crippen LogP) is 2.95. The van der Waals surface area contributed by atoms with Gasteiger partial charge in [-0.15, -0.1) is 0 Å². The number of carbonyl (C=O) groups is 1. The Morgan fingerprint density at radius 3 is 2.86 bits per heavy atom. The topological polar surface area (TPSA) is 58.6 Å². The lowest BCUT2D eigenvalue weighted by Crippen LogP contribution is -2.43. The normalized spacial score (nSPS) is 20.3. The van der Waals surface area contributed by atoms with Gasteiger partial charge in [-0.3, -0.25) is 14.7 Å². The number of carbonyl (C=O) groups excluding carboxylic acids is 1. The molecule has 0 saturated carbocycles. The van der Waals surface area contributed by atoms with E-state index in [0.29, 0.717) is 12.5 Å². The molecule has 0 bridgehead atoms. The molecule has 1 aromatic heterocycles. The summed E-state index contributed by atoms with van der Waals surface area (Å²) >= 11 is 0. The minimum atomic E-state index is 0.273. The fraction of sp³-hybridized carbons (Fsp3) is 0.500. The molecule has 0 aliphatic carbocycles. The number of nitrogens with zero attached hydrogens (tertiary/aromatic N) is 4. The smallest absolute Gasteiger partial charge is 0.236 e. The van der Waals surface area contributed by atoms with E-state index in [9.17, 15) is 4.79 Å². The van der Waals surface area contributed by atoms with Gasteiger partial charge >= 0.3 is 0 Å². The Morgan fingerprint density at radius 2 is 2.04 bits per heavy atom. The number of amides is 1. The molecule has 148 valence electrons. The van der Waals surface area contributed by atoms with Crippen LogP contribution in [-0.4, -0.2) is 65.5 Å². The number of hydrogen-bond acceptors (Lipinski definition) is 5. The minimum Gasteiger partial charge on any atom is -0.497 e. The van der Waals surface area contributed by atoms with Crippen LogP contribution in [0.15, 0.2) is 36.7 Å². The largest absolute Gasteiger partial charge is 0.497 e. The maximum absolute atomic E-state index is 12.5. The van der Waals surface area contributed by atoms with Crippen LogP contribution < -0.4 is 4.74 Å². The standard InChI is InChI=1S/C22H28N4O2/c1-28-19-8-4-6-17(12-19)20-13-23-14-21(24-20)18-7-5-9-25(15-18)16-22(27)26-10-2-3-11-26/h4,6,8,12-14,18H,2-3,5,7,9-11,15-16H2,1H3/t18-/m0/s1. The summed E-state index contributed by atoms with van der Waals surface area (Å²) in [5.41, 5.74) is 2.88. The second kappa shape index (κ2) is 8.69. The first-order chi connectivity index (χ1) is 13.7. The number of methoxy groups -OCH3 is 1. The molecule has 2 aliphatic heterocycles. The molecular weight excluding hydrogens is 352 g/mol.